The molecule has 12 heavy (non-hydrogen) atoms. The summed E-state index contributed by atoms with van der Waals surface area (Å²) in [7, 11) is 3.39. The lowest BCUT2D eigenvalue weighted by atomic mass is 9.80. The molecule has 0 N–H and O–H groups in total. The summed E-state index contributed by atoms with van der Waals surface area (Å²) in [6.45, 7) is 8.50. The summed E-state index contributed by atoms with van der Waals surface area (Å²) in [6, 6.07) is 0. The van der Waals surface area contributed by atoms with Gasteiger partial charge in [-0.2, -0.15) is 0 Å². The first-order valence-corrected chi connectivity index (χ1v) is 4.54. The maximum absolute atomic E-state index is 5.38. The SMILES string of the molecule is CCCC(C)(C)C(C)(OC)OC. The second-order valence-corrected chi connectivity index (χ2v) is 3.99. The van der Waals surface area contributed by atoms with Gasteiger partial charge in [-0.3, -0.25) is 0 Å². The molecule has 2 heteroatoms. The topological polar surface area (TPSA) is 18.5 Å². The Morgan fingerprint density at radius 2 is 1.42 bits per heavy atom. The summed E-state index contributed by atoms with van der Waals surface area (Å²) in [6.07, 6.45) is 2.25. The van der Waals surface area contributed by atoms with Gasteiger partial charge in [0.1, 0.15) is 0 Å². The third kappa shape index (κ3) is 2.20. The Labute approximate surface area is 76.3 Å². The van der Waals surface area contributed by atoms with E-state index in [2.05, 4.69) is 20.8 Å². The van der Waals surface area contributed by atoms with E-state index in [1.54, 1.807) is 14.2 Å². The van der Waals surface area contributed by atoms with Crippen molar-refractivity contribution in [1.82, 2.24) is 0 Å². The molecule has 0 unspecified atom stereocenters. The van der Waals surface area contributed by atoms with Crippen molar-refractivity contribution in [3.63, 3.8) is 0 Å². The summed E-state index contributed by atoms with van der Waals surface area (Å²) in [5, 5.41) is 0. The Morgan fingerprint density at radius 3 is 1.67 bits per heavy atom. The molecule has 0 atom stereocenters. The largest absolute Gasteiger partial charge is 0.353 e. The highest BCUT2D eigenvalue weighted by Crippen LogP contribution is 2.38. The number of ether oxygens (including phenoxy) is 2. The smallest absolute Gasteiger partial charge is 0.169 e. The van der Waals surface area contributed by atoms with Crippen molar-refractivity contribution in [2.45, 2.75) is 46.3 Å². The van der Waals surface area contributed by atoms with E-state index in [0.717, 1.165) is 12.8 Å². The summed E-state index contributed by atoms with van der Waals surface area (Å²) in [5.74, 6) is -0.469. The molecule has 74 valence electrons. The second-order valence-electron chi connectivity index (χ2n) is 3.99. The standard InChI is InChI=1S/C10H22O2/c1-7-8-9(2,3)10(4,11-5)12-6/h7-8H2,1-6H3. The first-order valence-electron chi connectivity index (χ1n) is 4.54. The quantitative estimate of drug-likeness (QED) is 0.597. The van der Waals surface area contributed by atoms with Crippen LogP contribution in [0.1, 0.15) is 40.5 Å². The minimum Gasteiger partial charge on any atom is -0.353 e. The fourth-order valence-corrected chi connectivity index (χ4v) is 1.49. The third-order valence-corrected chi connectivity index (χ3v) is 2.88. The zero-order chi connectivity index (χ0) is 9.83. The van der Waals surface area contributed by atoms with Crippen LogP contribution < -0.4 is 0 Å². The first-order chi connectivity index (χ1) is 5.43. The van der Waals surface area contributed by atoms with Crippen molar-refractivity contribution in [3.8, 4) is 0 Å². The molecule has 0 aliphatic heterocycles. The van der Waals surface area contributed by atoms with E-state index < -0.39 is 5.79 Å². The molecule has 0 aliphatic carbocycles. The zero-order valence-electron chi connectivity index (χ0n) is 9.23. The van der Waals surface area contributed by atoms with Crippen LogP contribution in [0.15, 0.2) is 0 Å². The molecule has 0 radical (unpaired) electrons. The minimum absolute atomic E-state index is 0.0608. The molecule has 0 amide bonds. The Kier molecular flexibility index (Phi) is 4.21. The average molecular weight is 174 g/mol. The van der Waals surface area contributed by atoms with Crippen molar-refractivity contribution in [1.29, 1.82) is 0 Å². The lowest BCUT2D eigenvalue weighted by molar-refractivity contribution is -0.257. The summed E-state index contributed by atoms with van der Waals surface area (Å²) >= 11 is 0. The van der Waals surface area contributed by atoms with Gasteiger partial charge in [-0.15, -0.1) is 0 Å². The number of methoxy groups -OCH3 is 2. The van der Waals surface area contributed by atoms with Gasteiger partial charge in [-0.1, -0.05) is 27.2 Å². The van der Waals surface area contributed by atoms with Crippen molar-refractivity contribution < 1.29 is 9.47 Å². The fraction of sp³-hybridized carbons (Fsp3) is 1.00. The Hall–Kier alpha value is -0.0800. The van der Waals surface area contributed by atoms with Crippen LogP contribution in [0.25, 0.3) is 0 Å². The van der Waals surface area contributed by atoms with Crippen LogP contribution in [0, 0.1) is 5.41 Å². The van der Waals surface area contributed by atoms with Crippen molar-refractivity contribution in [2.24, 2.45) is 5.41 Å². The lowest BCUT2D eigenvalue weighted by Crippen LogP contribution is -2.45. The predicted molar refractivity (Wildman–Crippen MR) is 51.1 cm³/mol. The molecule has 0 aromatic heterocycles. The molecule has 0 saturated heterocycles. The van der Waals surface area contributed by atoms with E-state index in [1.807, 2.05) is 6.92 Å². The van der Waals surface area contributed by atoms with Crippen LogP contribution in [-0.2, 0) is 9.47 Å². The van der Waals surface area contributed by atoms with Gasteiger partial charge in [0, 0.05) is 19.6 Å². The Bertz CT molecular complexity index is 126. The predicted octanol–water partition coefficient (Wildman–Crippen LogP) is 2.82. The van der Waals surface area contributed by atoms with Crippen LogP contribution in [0.5, 0.6) is 0 Å². The Balaban J connectivity index is 4.46. The number of hydrogen-bond donors (Lipinski definition) is 0. The first kappa shape index (κ1) is 11.9. The maximum Gasteiger partial charge on any atom is 0.169 e. The highest BCUT2D eigenvalue weighted by molar-refractivity contribution is 4.82. The average Bonchev–Trinajstić information content (AvgIpc) is 2.02. The van der Waals surface area contributed by atoms with Gasteiger partial charge < -0.3 is 9.47 Å². The lowest BCUT2D eigenvalue weighted by Gasteiger charge is -2.41. The molecule has 0 saturated carbocycles. The molecule has 0 fully saturated rings. The summed E-state index contributed by atoms with van der Waals surface area (Å²) < 4.78 is 10.8. The molecule has 0 spiro atoms. The zero-order valence-corrected chi connectivity index (χ0v) is 9.23. The minimum atomic E-state index is -0.469. The van der Waals surface area contributed by atoms with E-state index in [4.69, 9.17) is 9.47 Å². The molecule has 0 aromatic carbocycles. The van der Waals surface area contributed by atoms with Gasteiger partial charge in [0.2, 0.25) is 0 Å². The van der Waals surface area contributed by atoms with Gasteiger partial charge in [0.05, 0.1) is 0 Å². The molecular weight excluding hydrogens is 152 g/mol. The van der Waals surface area contributed by atoms with Crippen LogP contribution >= 0.6 is 0 Å². The molecule has 0 heterocycles. The summed E-state index contributed by atoms with van der Waals surface area (Å²) in [4.78, 5) is 0. The molecule has 0 bridgehead atoms. The van der Waals surface area contributed by atoms with Crippen molar-refractivity contribution in [3.05, 3.63) is 0 Å². The molecular formula is C10H22O2. The Morgan fingerprint density at radius 1 is 1.00 bits per heavy atom. The van der Waals surface area contributed by atoms with Crippen molar-refractivity contribution in [2.75, 3.05) is 14.2 Å². The van der Waals surface area contributed by atoms with E-state index in [9.17, 15) is 0 Å². The highest BCUT2D eigenvalue weighted by atomic mass is 16.7. The number of rotatable bonds is 5. The van der Waals surface area contributed by atoms with E-state index in [-0.39, 0.29) is 5.41 Å². The van der Waals surface area contributed by atoms with Crippen LogP contribution in [0.2, 0.25) is 0 Å². The van der Waals surface area contributed by atoms with Gasteiger partial charge in [-0.25, -0.2) is 0 Å². The summed E-state index contributed by atoms with van der Waals surface area (Å²) in [5.41, 5.74) is 0.0608. The van der Waals surface area contributed by atoms with Gasteiger partial charge in [0.25, 0.3) is 0 Å². The second kappa shape index (κ2) is 4.24. The van der Waals surface area contributed by atoms with Crippen LogP contribution in [0.4, 0.5) is 0 Å². The van der Waals surface area contributed by atoms with Crippen LogP contribution in [-0.4, -0.2) is 20.0 Å². The van der Waals surface area contributed by atoms with E-state index >= 15 is 0 Å². The van der Waals surface area contributed by atoms with Gasteiger partial charge in [-0.05, 0) is 13.3 Å². The van der Waals surface area contributed by atoms with Crippen molar-refractivity contribution >= 4 is 0 Å². The molecule has 0 rings (SSSR count). The maximum atomic E-state index is 5.38. The normalized spacial score (nSPS) is 13.5. The monoisotopic (exact) mass is 174 g/mol. The number of hydrogen-bond acceptors (Lipinski definition) is 2. The highest BCUT2D eigenvalue weighted by Gasteiger charge is 2.40. The van der Waals surface area contributed by atoms with Crippen LogP contribution in [0.3, 0.4) is 0 Å². The van der Waals surface area contributed by atoms with E-state index in [0.29, 0.717) is 0 Å². The fourth-order valence-electron chi connectivity index (χ4n) is 1.49. The van der Waals surface area contributed by atoms with E-state index in [1.165, 1.54) is 0 Å². The van der Waals surface area contributed by atoms with Gasteiger partial charge in [0.15, 0.2) is 5.79 Å². The molecule has 0 aliphatic rings. The van der Waals surface area contributed by atoms with Gasteiger partial charge >= 0.3 is 0 Å². The molecule has 2 nitrogen and oxygen atoms in total. The molecule has 0 aromatic rings. The third-order valence-electron chi connectivity index (χ3n) is 2.88.